The van der Waals surface area contributed by atoms with E-state index in [-0.39, 0.29) is 5.75 Å². The van der Waals surface area contributed by atoms with Crippen LogP contribution in [0.25, 0.3) is 22.9 Å². The van der Waals surface area contributed by atoms with Gasteiger partial charge in [-0.3, -0.25) is 4.98 Å². The molecule has 5 heteroatoms. The number of aromatic nitrogens is 2. The number of benzene rings is 1. The Balaban J connectivity index is 1.96. The first-order chi connectivity index (χ1) is 10.8. The van der Waals surface area contributed by atoms with Gasteiger partial charge in [0, 0.05) is 23.3 Å². The van der Waals surface area contributed by atoms with Crippen molar-refractivity contribution in [3.05, 3.63) is 64.7 Å². The quantitative estimate of drug-likeness (QED) is 0.743. The van der Waals surface area contributed by atoms with Crippen LogP contribution in [0, 0.1) is 11.3 Å². The van der Waals surface area contributed by atoms with Crippen molar-refractivity contribution in [1.82, 2.24) is 9.97 Å². The van der Waals surface area contributed by atoms with Gasteiger partial charge in [0.05, 0.1) is 11.3 Å². The largest absolute Gasteiger partial charge is 0.508 e. The van der Waals surface area contributed by atoms with Crippen LogP contribution >= 0.6 is 11.3 Å². The highest BCUT2D eigenvalue weighted by atomic mass is 32.1. The summed E-state index contributed by atoms with van der Waals surface area (Å²) < 4.78 is 0. The third kappa shape index (κ3) is 3.03. The summed E-state index contributed by atoms with van der Waals surface area (Å²) in [4.78, 5) is 8.49. The number of hydrogen-bond donors (Lipinski definition) is 1. The van der Waals surface area contributed by atoms with Gasteiger partial charge < -0.3 is 5.11 Å². The van der Waals surface area contributed by atoms with Crippen molar-refractivity contribution in [2.75, 3.05) is 0 Å². The lowest BCUT2D eigenvalue weighted by Gasteiger charge is -1.97. The van der Waals surface area contributed by atoms with Gasteiger partial charge in [-0.25, -0.2) is 4.98 Å². The Morgan fingerprint density at radius 2 is 2.05 bits per heavy atom. The number of aromatic hydroxyl groups is 1. The average molecular weight is 305 g/mol. The van der Waals surface area contributed by atoms with E-state index < -0.39 is 0 Å². The number of phenolic OH excluding ortho intramolecular Hbond substituents is 1. The number of pyridine rings is 1. The SMILES string of the molecule is N#C/C(=C/c1cccc(O)c1)c1nc(-c2ccncc2)cs1. The molecular formula is C17H11N3OS. The molecule has 0 unspecified atom stereocenters. The Bertz CT molecular complexity index is 863. The minimum absolute atomic E-state index is 0.169. The van der Waals surface area contributed by atoms with E-state index in [1.807, 2.05) is 23.6 Å². The molecular weight excluding hydrogens is 294 g/mol. The van der Waals surface area contributed by atoms with Gasteiger partial charge in [0.25, 0.3) is 0 Å². The summed E-state index contributed by atoms with van der Waals surface area (Å²) >= 11 is 1.42. The minimum atomic E-state index is 0.169. The molecule has 3 aromatic rings. The first kappa shape index (κ1) is 14.0. The predicted molar refractivity (Wildman–Crippen MR) is 86.9 cm³/mol. The number of phenols is 1. The van der Waals surface area contributed by atoms with E-state index in [4.69, 9.17) is 0 Å². The number of thiazole rings is 1. The zero-order valence-corrected chi connectivity index (χ0v) is 12.3. The van der Waals surface area contributed by atoms with E-state index >= 15 is 0 Å². The van der Waals surface area contributed by atoms with E-state index in [0.29, 0.717) is 10.6 Å². The van der Waals surface area contributed by atoms with E-state index in [2.05, 4.69) is 16.0 Å². The molecule has 1 aromatic carbocycles. The van der Waals surface area contributed by atoms with Gasteiger partial charge >= 0.3 is 0 Å². The van der Waals surface area contributed by atoms with Crippen molar-refractivity contribution < 1.29 is 5.11 Å². The molecule has 2 aromatic heterocycles. The second kappa shape index (κ2) is 6.20. The highest BCUT2D eigenvalue weighted by molar-refractivity contribution is 7.11. The summed E-state index contributed by atoms with van der Waals surface area (Å²) in [6, 6.07) is 12.7. The van der Waals surface area contributed by atoms with Gasteiger partial charge in [0.1, 0.15) is 16.8 Å². The summed E-state index contributed by atoms with van der Waals surface area (Å²) in [5.41, 5.74) is 3.01. The van der Waals surface area contributed by atoms with Crippen molar-refractivity contribution in [1.29, 1.82) is 5.26 Å². The third-order valence-electron chi connectivity index (χ3n) is 3.01. The van der Waals surface area contributed by atoms with Gasteiger partial charge in [-0.15, -0.1) is 11.3 Å². The number of rotatable bonds is 3. The molecule has 0 spiro atoms. The van der Waals surface area contributed by atoms with Crippen molar-refractivity contribution in [3.63, 3.8) is 0 Å². The molecule has 2 heterocycles. The first-order valence-corrected chi connectivity index (χ1v) is 7.41. The van der Waals surface area contributed by atoms with Crippen molar-refractivity contribution in [2.45, 2.75) is 0 Å². The molecule has 0 radical (unpaired) electrons. The highest BCUT2D eigenvalue weighted by Crippen LogP contribution is 2.27. The van der Waals surface area contributed by atoms with Crippen molar-refractivity contribution in [2.24, 2.45) is 0 Å². The fraction of sp³-hybridized carbons (Fsp3) is 0. The molecule has 0 aliphatic rings. The summed E-state index contributed by atoms with van der Waals surface area (Å²) in [5, 5.41) is 21.4. The van der Waals surface area contributed by atoms with Crippen molar-refractivity contribution in [3.8, 4) is 23.1 Å². The van der Waals surface area contributed by atoms with Gasteiger partial charge in [-0.05, 0) is 35.9 Å². The Kier molecular flexibility index (Phi) is 3.95. The lowest BCUT2D eigenvalue weighted by Crippen LogP contribution is -1.83. The summed E-state index contributed by atoms with van der Waals surface area (Å²) in [7, 11) is 0. The van der Waals surface area contributed by atoms with Crippen LogP contribution in [-0.4, -0.2) is 15.1 Å². The highest BCUT2D eigenvalue weighted by Gasteiger charge is 2.09. The molecule has 106 valence electrons. The molecule has 0 atom stereocenters. The monoisotopic (exact) mass is 305 g/mol. The Hall–Kier alpha value is -2.97. The molecule has 3 rings (SSSR count). The molecule has 0 amide bonds. The van der Waals surface area contributed by atoms with Gasteiger partial charge in [-0.2, -0.15) is 5.26 Å². The lowest BCUT2D eigenvalue weighted by atomic mass is 10.1. The van der Waals surface area contributed by atoms with Crippen LogP contribution in [0.2, 0.25) is 0 Å². The van der Waals surface area contributed by atoms with Gasteiger partial charge in [0.2, 0.25) is 0 Å². The van der Waals surface area contributed by atoms with E-state index in [9.17, 15) is 10.4 Å². The fourth-order valence-corrected chi connectivity index (χ4v) is 2.77. The Morgan fingerprint density at radius 3 is 2.77 bits per heavy atom. The van der Waals surface area contributed by atoms with Crippen LogP contribution in [0.1, 0.15) is 10.6 Å². The van der Waals surface area contributed by atoms with Crippen LogP contribution in [0.3, 0.4) is 0 Å². The zero-order valence-electron chi connectivity index (χ0n) is 11.5. The minimum Gasteiger partial charge on any atom is -0.508 e. The topological polar surface area (TPSA) is 69.8 Å². The standard InChI is InChI=1S/C17H11N3OS/c18-10-14(8-12-2-1-3-15(21)9-12)17-20-16(11-22-17)13-4-6-19-7-5-13/h1-9,11,21H/b14-8-. The predicted octanol–water partition coefficient (Wildman–Crippen LogP) is 3.97. The van der Waals surface area contributed by atoms with Crippen LogP contribution in [0.15, 0.2) is 54.2 Å². The molecule has 4 nitrogen and oxygen atoms in total. The maximum atomic E-state index is 9.49. The second-order valence-corrected chi connectivity index (χ2v) is 5.40. The Labute approximate surface area is 131 Å². The Morgan fingerprint density at radius 1 is 1.23 bits per heavy atom. The number of nitriles is 1. The molecule has 0 fully saturated rings. The molecule has 22 heavy (non-hydrogen) atoms. The molecule has 0 bridgehead atoms. The molecule has 0 saturated heterocycles. The number of allylic oxidation sites excluding steroid dienone is 1. The fourth-order valence-electron chi connectivity index (χ4n) is 1.98. The molecule has 0 saturated carbocycles. The van der Waals surface area contributed by atoms with Crippen LogP contribution in [0.4, 0.5) is 0 Å². The summed E-state index contributed by atoms with van der Waals surface area (Å²) in [6.45, 7) is 0. The maximum absolute atomic E-state index is 9.49. The van der Waals surface area contributed by atoms with E-state index in [1.54, 1.807) is 36.7 Å². The second-order valence-electron chi connectivity index (χ2n) is 4.54. The van der Waals surface area contributed by atoms with Crippen molar-refractivity contribution >= 4 is 23.0 Å². The average Bonchev–Trinajstić information content (AvgIpc) is 3.03. The number of hydrogen-bond acceptors (Lipinski definition) is 5. The maximum Gasteiger partial charge on any atom is 0.134 e. The molecule has 0 aliphatic heterocycles. The third-order valence-corrected chi connectivity index (χ3v) is 3.89. The van der Waals surface area contributed by atoms with Crippen LogP contribution in [0.5, 0.6) is 5.75 Å². The van der Waals surface area contributed by atoms with Crippen LogP contribution in [-0.2, 0) is 0 Å². The normalized spacial score (nSPS) is 11.1. The molecule has 1 N–H and O–H groups in total. The number of nitrogens with zero attached hydrogens (tertiary/aromatic N) is 3. The first-order valence-electron chi connectivity index (χ1n) is 6.53. The smallest absolute Gasteiger partial charge is 0.134 e. The van der Waals surface area contributed by atoms with E-state index in [0.717, 1.165) is 16.8 Å². The zero-order chi connectivity index (χ0) is 15.4. The lowest BCUT2D eigenvalue weighted by molar-refractivity contribution is 0.475. The molecule has 0 aliphatic carbocycles. The van der Waals surface area contributed by atoms with E-state index in [1.165, 1.54) is 11.3 Å². The summed E-state index contributed by atoms with van der Waals surface area (Å²) in [6.07, 6.45) is 5.14. The summed E-state index contributed by atoms with van der Waals surface area (Å²) in [5.74, 6) is 0.169. The van der Waals surface area contributed by atoms with Gasteiger partial charge in [0.15, 0.2) is 0 Å². The van der Waals surface area contributed by atoms with Crippen LogP contribution < -0.4 is 0 Å². The van der Waals surface area contributed by atoms with Gasteiger partial charge in [-0.1, -0.05) is 12.1 Å².